The summed E-state index contributed by atoms with van der Waals surface area (Å²) in [5.74, 6) is 4.03. The van der Waals surface area contributed by atoms with Crippen molar-refractivity contribution < 1.29 is 23.7 Å². The average Bonchev–Trinajstić information content (AvgIpc) is 3.48. The van der Waals surface area contributed by atoms with E-state index in [0.29, 0.717) is 23.8 Å². The van der Waals surface area contributed by atoms with Gasteiger partial charge < -0.3 is 29.0 Å². The number of fused-ring (bicyclic) bond motifs is 2. The first-order valence-electron chi connectivity index (χ1n) is 9.97. The van der Waals surface area contributed by atoms with Gasteiger partial charge in [0.05, 0.1) is 27.5 Å². The van der Waals surface area contributed by atoms with Gasteiger partial charge in [0.1, 0.15) is 5.82 Å². The first kappa shape index (κ1) is 19.8. The van der Waals surface area contributed by atoms with Crippen molar-refractivity contribution in [1.29, 1.82) is 0 Å². The number of methoxy groups -OCH3 is 3. The number of aromatic nitrogens is 3. The molecule has 4 aromatic rings. The maximum atomic E-state index is 5.50. The number of nitrogens with one attached hydrogen (secondary N) is 1. The van der Waals surface area contributed by atoms with Gasteiger partial charge in [0.25, 0.3) is 0 Å². The first-order chi connectivity index (χ1) is 15.7. The van der Waals surface area contributed by atoms with Crippen LogP contribution in [0.2, 0.25) is 0 Å². The monoisotopic (exact) mass is 434 g/mol. The third-order valence-electron chi connectivity index (χ3n) is 5.28. The topological polar surface area (TPSA) is 88.4 Å². The van der Waals surface area contributed by atoms with Crippen molar-refractivity contribution in [2.75, 3.05) is 33.4 Å². The summed E-state index contributed by atoms with van der Waals surface area (Å²) in [6.45, 7) is 0.760. The molecule has 0 saturated heterocycles. The van der Waals surface area contributed by atoms with E-state index in [1.54, 1.807) is 38.2 Å². The van der Waals surface area contributed by atoms with Crippen molar-refractivity contribution in [3.8, 4) is 39.9 Å². The van der Waals surface area contributed by atoms with Gasteiger partial charge in [-0.15, -0.1) is 0 Å². The summed E-state index contributed by atoms with van der Waals surface area (Å²) in [6.07, 6.45) is 3.55. The molecule has 9 heteroatoms. The molecule has 5 rings (SSSR count). The van der Waals surface area contributed by atoms with Crippen molar-refractivity contribution in [2.24, 2.45) is 0 Å². The van der Waals surface area contributed by atoms with Crippen LogP contribution < -0.4 is 29.0 Å². The van der Waals surface area contributed by atoms with Crippen LogP contribution in [-0.4, -0.2) is 42.7 Å². The molecule has 0 aliphatic carbocycles. The number of ether oxygens (including phenoxy) is 5. The highest BCUT2D eigenvalue weighted by Gasteiger charge is 2.17. The number of rotatable bonds is 7. The second-order valence-corrected chi connectivity index (χ2v) is 7.08. The van der Waals surface area contributed by atoms with Crippen LogP contribution in [0.4, 0.5) is 5.82 Å². The van der Waals surface area contributed by atoms with Crippen LogP contribution in [-0.2, 0) is 6.54 Å². The first-order valence-corrected chi connectivity index (χ1v) is 9.97. The van der Waals surface area contributed by atoms with Gasteiger partial charge in [-0.1, -0.05) is 6.07 Å². The Hall–Kier alpha value is -4.14. The molecular formula is C23H22N4O5. The Bertz CT molecular complexity index is 1260. The Morgan fingerprint density at radius 3 is 2.50 bits per heavy atom. The summed E-state index contributed by atoms with van der Waals surface area (Å²) >= 11 is 0. The summed E-state index contributed by atoms with van der Waals surface area (Å²) in [6, 6.07) is 11.5. The average molecular weight is 434 g/mol. The zero-order chi connectivity index (χ0) is 22.1. The van der Waals surface area contributed by atoms with Crippen LogP contribution in [0.25, 0.3) is 16.8 Å². The third-order valence-corrected chi connectivity index (χ3v) is 5.28. The molecule has 0 unspecified atom stereocenters. The molecule has 0 radical (unpaired) electrons. The molecule has 1 N–H and O–H groups in total. The minimum Gasteiger partial charge on any atom is -0.493 e. The van der Waals surface area contributed by atoms with Crippen LogP contribution in [0, 0.1) is 0 Å². The third kappa shape index (κ3) is 3.37. The molecule has 2 aromatic heterocycles. The maximum absolute atomic E-state index is 5.50. The zero-order valence-corrected chi connectivity index (χ0v) is 17.9. The van der Waals surface area contributed by atoms with E-state index < -0.39 is 0 Å². The summed E-state index contributed by atoms with van der Waals surface area (Å²) < 4.78 is 29.0. The van der Waals surface area contributed by atoms with Crippen molar-refractivity contribution in [1.82, 2.24) is 14.6 Å². The second-order valence-electron chi connectivity index (χ2n) is 7.08. The molecule has 164 valence electrons. The lowest BCUT2D eigenvalue weighted by molar-refractivity contribution is 0.174. The SMILES string of the molecule is COc1cc(CNc2ccnc3c(-c4ccc5c(c4)OCO5)cnn23)cc(OC)c1OC. The van der Waals surface area contributed by atoms with E-state index in [1.165, 1.54) is 0 Å². The molecule has 32 heavy (non-hydrogen) atoms. The summed E-state index contributed by atoms with van der Waals surface area (Å²) in [5, 5.41) is 7.96. The molecule has 1 aliphatic rings. The number of hydrogen-bond acceptors (Lipinski definition) is 8. The quantitative estimate of drug-likeness (QED) is 0.470. The smallest absolute Gasteiger partial charge is 0.231 e. The fraction of sp³-hybridized carbons (Fsp3) is 0.217. The van der Waals surface area contributed by atoms with Crippen LogP contribution in [0.3, 0.4) is 0 Å². The van der Waals surface area contributed by atoms with Gasteiger partial charge >= 0.3 is 0 Å². The molecule has 0 saturated carbocycles. The van der Waals surface area contributed by atoms with Gasteiger partial charge in [0.2, 0.25) is 12.5 Å². The fourth-order valence-corrected chi connectivity index (χ4v) is 3.72. The van der Waals surface area contributed by atoms with Crippen LogP contribution in [0.1, 0.15) is 5.56 Å². The van der Waals surface area contributed by atoms with Crippen LogP contribution in [0.5, 0.6) is 28.7 Å². The summed E-state index contributed by atoms with van der Waals surface area (Å²) in [5.41, 5.74) is 3.56. The number of hydrogen-bond donors (Lipinski definition) is 1. The van der Waals surface area contributed by atoms with Crippen molar-refractivity contribution in [3.63, 3.8) is 0 Å². The number of anilines is 1. The zero-order valence-electron chi connectivity index (χ0n) is 17.9. The molecule has 0 bridgehead atoms. The largest absolute Gasteiger partial charge is 0.493 e. The van der Waals surface area contributed by atoms with Gasteiger partial charge in [0, 0.05) is 18.3 Å². The lowest BCUT2D eigenvalue weighted by atomic mass is 10.1. The fourth-order valence-electron chi connectivity index (χ4n) is 3.72. The normalized spacial score (nSPS) is 12.1. The van der Waals surface area contributed by atoms with Gasteiger partial charge in [-0.2, -0.15) is 9.61 Å². The van der Waals surface area contributed by atoms with E-state index in [2.05, 4.69) is 15.4 Å². The molecule has 1 aliphatic heterocycles. The summed E-state index contributed by atoms with van der Waals surface area (Å²) in [4.78, 5) is 4.54. The van der Waals surface area contributed by atoms with Crippen molar-refractivity contribution in [2.45, 2.75) is 6.54 Å². The molecule has 0 amide bonds. The summed E-state index contributed by atoms with van der Waals surface area (Å²) in [7, 11) is 4.78. The maximum Gasteiger partial charge on any atom is 0.231 e. The second kappa shape index (κ2) is 8.18. The van der Waals surface area contributed by atoms with Gasteiger partial charge in [-0.25, -0.2) is 4.98 Å². The lowest BCUT2D eigenvalue weighted by Gasteiger charge is -2.15. The molecule has 0 atom stereocenters. The Morgan fingerprint density at radius 2 is 1.75 bits per heavy atom. The van der Waals surface area contributed by atoms with E-state index in [1.807, 2.05) is 36.4 Å². The molecule has 3 heterocycles. The van der Waals surface area contributed by atoms with Gasteiger partial charge in [0.15, 0.2) is 28.6 Å². The Kier molecular flexibility index (Phi) is 5.06. The lowest BCUT2D eigenvalue weighted by Crippen LogP contribution is -2.06. The Balaban J connectivity index is 1.44. The number of benzene rings is 2. The Labute approximate surface area is 184 Å². The highest BCUT2D eigenvalue weighted by molar-refractivity contribution is 5.79. The minimum atomic E-state index is 0.237. The van der Waals surface area contributed by atoms with Gasteiger partial charge in [-0.05, 0) is 41.5 Å². The van der Waals surface area contributed by atoms with E-state index >= 15 is 0 Å². The van der Waals surface area contributed by atoms with Crippen molar-refractivity contribution in [3.05, 3.63) is 54.4 Å². The minimum absolute atomic E-state index is 0.237. The highest BCUT2D eigenvalue weighted by atomic mass is 16.7. The van der Waals surface area contributed by atoms with E-state index in [0.717, 1.165) is 39.7 Å². The van der Waals surface area contributed by atoms with Crippen LogP contribution >= 0.6 is 0 Å². The highest BCUT2D eigenvalue weighted by Crippen LogP contribution is 2.39. The predicted octanol–water partition coefficient (Wildman–Crippen LogP) is 3.76. The van der Waals surface area contributed by atoms with Crippen LogP contribution in [0.15, 0.2) is 48.8 Å². The molecule has 0 fully saturated rings. The van der Waals surface area contributed by atoms with E-state index in [4.69, 9.17) is 23.7 Å². The molecule has 9 nitrogen and oxygen atoms in total. The molecule has 2 aromatic carbocycles. The predicted molar refractivity (Wildman–Crippen MR) is 118 cm³/mol. The number of nitrogens with zero attached hydrogens (tertiary/aromatic N) is 3. The van der Waals surface area contributed by atoms with Crippen molar-refractivity contribution >= 4 is 11.5 Å². The Morgan fingerprint density at radius 1 is 0.969 bits per heavy atom. The molecule has 0 spiro atoms. The molecular weight excluding hydrogens is 412 g/mol. The van der Waals surface area contributed by atoms with Gasteiger partial charge in [-0.3, -0.25) is 0 Å². The van der Waals surface area contributed by atoms with E-state index in [9.17, 15) is 0 Å². The van der Waals surface area contributed by atoms with E-state index in [-0.39, 0.29) is 6.79 Å². The standard InChI is InChI=1S/C23H22N4O5/c1-28-19-8-14(9-20(29-2)22(19)30-3)11-25-21-6-7-24-23-16(12-26-27(21)23)15-4-5-17-18(10-15)32-13-31-17/h4-10,12,25H,11,13H2,1-3H3.